The average Bonchev–Trinajstić information content (AvgIpc) is 3.38. The van der Waals surface area contributed by atoms with Gasteiger partial charge in [0.25, 0.3) is 5.91 Å². The van der Waals surface area contributed by atoms with Crippen molar-refractivity contribution in [1.29, 1.82) is 0 Å². The molecule has 0 spiro atoms. The van der Waals surface area contributed by atoms with Gasteiger partial charge in [-0.1, -0.05) is 24.3 Å². The summed E-state index contributed by atoms with van der Waals surface area (Å²) in [5.74, 6) is 0.837. The number of fused-ring (bicyclic) bond motifs is 1. The normalized spacial score (nSPS) is 17.1. The van der Waals surface area contributed by atoms with Crippen LogP contribution in [0.2, 0.25) is 0 Å². The number of para-hydroxylation sites is 2. The summed E-state index contributed by atoms with van der Waals surface area (Å²) in [6.07, 6.45) is 3.26. The van der Waals surface area contributed by atoms with Gasteiger partial charge in [0.05, 0.1) is 17.6 Å². The van der Waals surface area contributed by atoms with E-state index in [0.29, 0.717) is 11.6 Å². The molecule has 1 aromatic heterocycles. The Morgan fingerprint density at radius 2 is 1.97 bits per heavy atom. The Hall–Kier alpha value is -2.70. The van der Waals surface area contributed by atoms with Gasteiger partial charge in [-0.25, -0.2) is 4.98 Å². The van der Waals surface area contributed by atoms with Gasteiger partial charge < -0.3 is 15.0 Å². The largest absolute Gasteiger partial charge is 0.395 e. The van der Waals surface area contributed by atoms with Crippen molar-refractivity contribution in [2.24, 2.45) is 0 Å². The number of carbonyl (C=O) groups is 1. The van der Waals surface area contributed by atoms with Gasteiger partial charge in [0.2, 0.25) is 0 Å². The SMILES string of the molecule is CNC(=O)c1ccc(-c2nc3ccccc3n2CCCN2CCCC2CO)cc1. The number of hydrogen-bond acceptors (Lipinski definition) is 4. The third kappa shape index (κ3) is 4.04. The van der Waals surface area contributed by atoms with E-state index in [-0.39, 0.29) is 12.5 Å². The first-order valence-corrected chi connectivity index (χ1v) is 10.3. The zero-order chi connectivity index (χ0) is 20.2. The number of carbonyl (C=O) groups excluding carboxylic acids is 1. The van der Waals surface area contributed by atoms with Crippen molar-refractivity contribution in [2.45, 2.75) is 31.8 Å². The molecule has 6 heteroatoms. The summed E-state index contributed by atoms with van der Waals surface area (Å²) >= 11 is 0. The minimum atomic E-state index is -0.0888. The first-order valence-electron chi connectivity index (χ1n) is 10.3. The van der Waals surface area contributed by atoms with Gasteiger partial charge in [-0.3, -0.25) is 9.69 Å². The van der Waals surface area contributed by atoms with Crippen molar-refractivity contribution in [3.63, 3.8) is 0 Å². The molecule has 1 aliphatic rings. The summed E-state index contributed by atoms with van der Waals surface area (Å²) < 4.78 is 2.27. The number of amides is 1. The smallest absolute Gasteiger partial charge is 0.251 e. The molecule has 0 saturated carbocycles. The maximum atomic E-state index is 11.8. The third-order valence-electron chi connectivity index (χ3n) is 5.82. The number of nitrogens with one attached hydrogen (secondary N) is 1. The summed E-state index contributed by atoms with van der Waals surface area (Å²) in [5, 5.41) is 12.2. The third-order valence-corrected chi connectivity index (χ3v) is 5.82. The molecule has 6 nitrogen and oxygen atoms in total. The van der Waals surface area contributed by atoms with Gasteiger partial charge in [-0.05, 0) is 50.1 Å². The van der Waals surface area contributed by atoms with E-state index in [1.54, 1.807) is 7.05 Å². The Morgan fingerprint density at radius 1 is 1.17 bits per heavy atom. The highest BCUT2D eigenvalue weighted by Gasteiger charge is 2.23. The zero-order valence-electron chi connectivity index (χ0n) is 16.8. The highest BCUT2D eigenvalue weighted by Crippen LogP contribution is 2.26. The van der Waals surface area contributed by atoms with E-state index < -0.39 is 0 Å². The van der Waals surface area contributed by atoms with E-state index >= 15 is 0 Å². The van der Waals surface area contributed by atoms with E-state index in [9.17, 15) is 9.90 Å². The Kier molecular flexibility index (Phi) is 5.92. The van der Waals surface area contributed by atoms with Crippen LogP contribution in [0.15, 0.2) is 48.5 Å². The Morgan fingerprint density at radius 3 is 2.72 bits per heavy atom. The summed E-state index contributed by atoms with van der Waals surface area (Å²) in [6, 6.07) is 16.1. The quantitative estimate of drug-likeness (QED) is 0.649. The second-order valence-corrected chi connectivity index (χ2v) is 7.60. The minimum absolute atomic E-state index is 0.0888. The van der Waals surface area contributed by atoms with Crippen LogP contribution in [0, 0.1) is 0 Å². The number of imidazole rings is 1. The van der Waals surface area contributed by atoms with Gasteiger partial charge in [-0.15, -0.1) is 0 Å². The first kappa shape index (κ1) is 19.6. The lowest BCUT2D eigenvalue weighted by molar-refractivity contribution is 0.0963. The van der Waals surface area contributed by atoms with Crippen molar-refractivity contribution in [1.82, 2.24) is 19.8 Å². The summed E-state index contributed by atoms with van der Waals surface area (Å²) in [6.45, 7) is 3.16. The monoisotopic (exact) mass is 392 g/mol. The van der Waals surface area contributed by atoms with E-state index in [0.717, 1.165) is 54.9 Å². The zero-order valence-corrected chi connectivity index (χ0v) is 16.8. The molecule has 1 atom stereocenters. The Balaban J connectivity index is 1.58. The van der Waals surface area contributed by atoms with Crippen LogP contribution in [-0.2, 0) is 6.54 Å². The van der Waals surface area contributed by atoms with Gasteiger partial charge in [0.1, 0.15) is 5.82 Å². The van der Waals surface area contributed by atoms with Crippen LogP contribution in [0.4, 0.5) is 0 Å². The predicted octanol–water partition coefficient (Wildman–Crippen LogP) is 2.91. The van der Waals surface area contributed by atoms with Crippen LogP contribution in [0.1, 0.15) is 29.6 Å². The first-order chi connectivity index (χ1) is 14.2. The number of benzene rings is 2. The highest BCUT2D eigenvalue weighted by atomic mass is 16.3. The molecule has 0 bridgehead atoms. The lowest BCUT2D eigenvalue weighted by atomic mass is 10.1. The van der Waals surface area contributed by atoms with E-state index in [1.165, 1.54) is 6.42 Å². The molecule has 1 saturated heterocycles. The maximum absolute atomic E-state index is 11.8. The van der Waals surface area contributed by atoms with Crippen molar-refractivity contribution >= 4 is 16.9 Å². The number of aromatic nitrogens is 2. The number of aryl methyl sites for hydroxylation is 1. The number of aliphatic hydroxyl groups is 1. The van der Waals surface area contributed by atoms with Gasteiger partial charge >= 0.3 is 0 Å². The Labute approximate surface area is 171 Å². The maximum Gasteiger partial charge on any atom is 0.251 e. The summed E-state index contributed by atoms with van der Waals surface area (Å²) in [7, 11) is 1.64. The van der Waals surface area contributed by atoms with Crippen molar-refractivity contribution in [3.8, 4) is 11.4 Å². The molecule has 29 heavy (non-hydrogen) atoms. The topological polar surface area (TPSA) is 70.4 Å². The number of nitrogens with zero attached hydrogens (tertiary/aromatic N) is 3. The molecule has 1 aliphatic heterocycles. The molecule has 0 radical (unpaired) electrons. The van der Waals surface area contributed by atoms with E-state index in [1.807, 2.05) is 42.5 Å². The fourth-order valence-electron chi connectivity index (χ4n) is 4.27. The van der Waals surface area contributed by atoms with Crippen molar-refractivity contribution in [3.05, 3.63) is 54.1 Å². The van der Waals surface area contributed by atoms with Crippen LogP contribution >= 0.6 is 0 Å². The van der Waals surface area contributed by atoms with E-state index in [2.05, 4.69) is 20.9 Å². The lowest BCUT2D eigenvalue weighted by Gasteiger charge is -2.22. The van der Waals surface area contributed by atoms with E-state index in [4.69, 9.17) is 4.98 Å². The average molecular weight is 393 g/mol. The molecule has 2 aromatic carbocycles. The number of likely N-dealkylation sites (tertiary alicyclic amines) is 1. The molecule has 0 aliphatic carbocycles. The van der Waals surface area contributed by atoms with Crippen molar-refractivity contribution < 1.29 is 9.90 Å². The number of rotatable bonds is 7. The van der Waals surface area contributed by atoms with Crippen LogP contribution in [0.25, 0.3) is 22.4 Å². The predicted molar refractivity (Wildman–Crippen MR) is 115 cm³/mol. The second-order valence-electron chi connectivity index (χ2n) is 7.60. The summed E-state index contributed by atoms with van der Waals surface area (Å²) in [5.41, 5.74) is 3.75. The van der Waals surface area contributed by atoms with Gasteiger partial charge in [-0.2, -0.15) is 0 Å². The molecule has 1 fully saturated rings. The second kappa shape index (κ2) is 8.76. The van der Waals surface area contributed by atoms with Crippen molar-refractivity contribution in [2.75, 3.05) is 26.7 Å². The number of hydrogen-bond donors (Lipinski definition) is 2. The number of aliphatic hydroxyl groups excluding tert-OH is 1. The molecule has 152 valence electrons. The molecule has 1 amide bonds. The standard InChI is InChI=1S/C23H28N4O2/c1-24-23(29)18-11-9-17(10-12-18)22-25-20-7-2-3-8-21(20)27(22)15-5-14-26-13-4-6-19(26)16-28/h2-3,7-12,19,28H,4-6,13-16H2,1H3,(H,24,29). The Bertz CT molecular complexity index is 980. The van der Waals surface area contributed by atoms with Gasteiger partial charge in [0.15, 0.2) is 0 Å². The summed E-state index contributed by atoms with van der Waals surface area (Å²) in [4.78, 5) is 19.1. The van der Waals surface area contributed by atoms with Crippen LogP contribution in [0.5, 0.6) is 0 Å². The molecule has 3 aromatic rings. The molecule has 2 heterocycles. The molecular formula is C23H28N4O2. The lowest BCUT2D eigenvalue weighted by Crippen LogP contribution is -2.33. The van der Waals surface area contributed by atoms with Crippen LogP contribution in [-0.4, -0.2) is 58.3 Å². The molecule has 1 unspecified atom stereocenters. The fourth-order valence-corrected chi connectivity index (χ4v) is 4.27. The van der Waals surface area contributed by atoms with Crippen LogP contribution < -0.4 is 5.32 Å². The molecule has 4 rings (SSSR count). The fraction of sp³-hybridized carbons (Fsp3) is 0.391. The molecular weight excluding hydrogens is 364 g/mol. The minimum Gasteiger partial charge on any atom is -0.395 e. The van der Waals surface area contributed by atoms with Gasteiger partial charge in [0, 0.05) is 37.3 Å². The van der Waals surface area contributed by atoms with Crippen LogP contribution in [0.3, 0.4) is 0 Å². The molecule has 2 N–H and O–H groups in total. The highest BCUT2D eigenvalue weighted by molar-refractivity contribution is 5.94.